The number of carbonyl (C=O) groups is 1. The lowest BCUT2D eigenvalue weighted by Crippen LogP contribution is -2.37. The van der Waals surface area contributed by atoms with Gasteiger partial charge in [0.25, 0.3) is 0 Å². The van der Waals surface area contributed by atoms with Crippen LogP contribution in [-0.2, 0) is 14.8 Å². The van der Waals surface area contributed by atoms with Gasteiger partial charge in [0.1, 0.15) is 0 Å². The zero-order chi connectivity index (χ0) is 17.6. The average molecular weight is 373 g/mol. The average Bonchev–Trinajstić information content (AvgIpc) is 2.57. The smallest absolute Gasteiger partial charge is 0.224 e. The molecule has 1 aliphatic rings. The Hall–Kier alpha value is -1.11. The molecule has 0 bridgehead atoms. The van der Waals surface area contributed by atoms with Crippen molar-refractivity contribution in [3.8, 4) is 0 Å². The molecular weight excluding hydrogens is 348 g/mol. The van der Waals surface area contributed by atoms with Gasteiger partial charge in [-0.2, -0.15) is 0 Å². The van der Waals surface area contributed by atoms with Gasteiger partial charge >= 0.3 is 0 Å². The van der Waals surface area contributed by atoms with Gasteiger partial charge < -0.3 is 5.32 Å². The van der Waals surface area contributed by atoms with Crippen LogP contribution in [0.25, 0.3) is 0 Å². The van der Waals surface area contributed by atoms with Gasteiger partial charge in [0.05, 0.1) is 5.75 Å². The maximum atomic E-state index is 12.2. The van der Waals surface area contributed by atoms with Gasteiger partial charge in [0, 0.05) is 30.2 Å². The molecule has 0 aliphatic carbocycles. The van der Waals surface area contributed by atoms with Crippen molar-refractivity contribution in [3.05, 3.63) is 28.8 Å². The van der Waals surface area contributed by atoms with Gasteiger partial charge in [-0.15, -0.1) is 0 Å². The summed E-state index contributed by atoms with van der Waals surface area (Å²) < 4.78 is 26.0. The van der Waals surface area contributed by atoms with Crippen LogP contribution >= 0.6 is 11.6 Å². The molecule has 7 heteroatoms. The highest BCUT2D eigenvalue weighted by Crippen LogP contribution is 2.23. The van der Waals surface area contributed by atoms with Crippen LogP contribution in [0.5, 0.6) is 0 Å². The molecule has 0 atom stereocenters. The monoisotopic (exact) mass is 372 g/mol. The first kappa shape index (κ1) is 19.2. The molecule has 1 amide bonds. The Labute approximate surface area is 149 Å². The number of piperidine rings is 1. The Kier molecular flexibility index (Phi) is 7.07. The Bertz CT molecular complexity index is 670. The van der Waals surface area contributed by atoms with Gasteiger partial charge in [-0.25, -0.2) is 12.7 Å². The number of rotatable bonds is 7. The maximum Gasteiger partial charge on any atom is 0.224 e. The second kappa shape index (κ2) is 8.83. The second-order valence-electron chi connectivity index (χ2n) is 6.19. The SMILES string of the molecule is Cc1c(Cl)cccc1NC(=O)CCCCS(=O)(=O)N1CCCCC1. The predicted molar refractivity (Wildman–Crippen MR) is 97.9 cm³/mol. The first-order chi connectivity index (χ1) is 11.4. The predicted octanol–water partition coefficient (Wildman–Crippen LogP) is 3.57. The van der Waals surface area contributed by atoms with E-state index in [0.29, 0.717) is 43.1 Å². The van der Waals surface area contributed by atoms with Gasteiger partial charge in [-0.1, -0.05) is 24.1 Å². The van der Waals surface area contributed by atoms with E-state index in [1.807, 2.05) is 6.92 Å². The van der Waals surface area contributed by atoms with Crippen molar-refractivity contribution in [2.45, 2.75) is 45.4 Å². The first-order valence-corrected chi connectivity index (χ1v) is 10.4. The minimum absolute atomic E-state index is 0.115. The van der Waals surface area contributed by atoms with Crippen LogP contribution in [0.4, 0.5) is 5.69 Å². The van der Waals surface area contributed by atoms with Gasteiger partial charge in [-0.3, -0.25) is 4.79 Å². The lowest BCUT2D eigenvalue weighted by Gasteiger charge is -2.25. The van der Waals surface area contributed by atoms with E-state index in [1.165, 1.54) is 0 Å². The standard InChI is InChI=1S/C17H25ClN2O3S/c1-14-15(18)8-7-9-16(14)19-17(21)10-3-6-13-24(22,23)20-11-4-2-5-12-20/h7-9H,2-6,10-13H2,1H3,(H,19,21). The Balaban J connectivity index is 1.73. The number of anilines is 1. The molecule has 1 heterocycles. The third-order valence-electron chi connectivity index (χ3n) is 4.31. The van der Waals surface area contributed by atoms with Gasteiger partial charge in [-0.05, 0) is 50.3 Å². The molecule has 1 aliphatic heterocycles. The summed E-state index contributed by atoms with van der Waals surface area (Å²) in [7, 11) is -3.17. The molecule has 0 saturated carbocycles. The van der Waals surface area contributed by atoms with E-state index in [2.05, 4.69) is 5.32 Å². The molecule has 0 aromatic heterocycles. The van der Waals surface area contributed by atoms with Crippen LogP contribution < -0.4 is 5.32 Å². The van der Waals surface area contributed by atoms with E-state index in [0.717, 1.165) is 24.8 Å². The summed E-state index contributed by atoms with van der Waals surface area (Å²) in [5.41, 5.74) is 1.54. The molecule has 5 nitrogen and oxygen atoms in total. The largest absolute Gasteiger partial charge is 0.326 e. The van der Waals surface area contributed by atoms with E-state index >= 15 is 0 Å². The summed E-state index contributed by atoms with van der Waals surface area (Å²) in [6, 6.07) is 5.37. The summed E-state index contributed by atoms with van der Waals surface area (Å²) >= 11 is 6.03. The Morgan fingerprint density at radius 3 is 2.62 bits per heavy atom. The second-order valence-corrected chi connectivity index (χ2v) is 8.69. The van der Waals surface area contributed by atoms with Crippen molar-refractivity contribution in [1.82, 2.24) is 4.31 Å². The third-order valence-corrected chi connectivity index (χ3v) is 6.67. The van der Waals surface area contributed by atoms with Crippen LogP contribution in [0.15, 0.2) is 18.2 Å². The topological polar surface area (TPSA) is 66.5 Å². The molecule has 1 saturated heterocycles. The van der Waals surface area contributed by atoms with Crippen molar-refractivity contribution in [1.29, 1.82) is 0 Å². The number of hydrogen-bond donors (Lipinski definition) is 1. The zero-order valence-corrected chi connectivity index (χ0v) is 15.6. The molecular formula is C17H25ClN2O3S. The van der Waals surface area contributed by atoms with E-state index < -0.39 is 10.0 Å². The number of sulfonamides is 1. The summed E-state index contributed by atoms with van der Waals surface area (Å²) in [5, 5.41) is 3.44. The summed E-state index contributed by atoms with van der Waals surface area (Å²) in [4.78, 5) is 12.0. The molecule has 134 valence electrons. The van der Waals surface area contributed by atoms with Crippen LogP contribution in [0.2, 0.25) is 5.02 Å². The number of benzene rings is 1. The Morgan fingerprint density at radius 1 is 1.21 bits per heavy atom. The maximum absolute atomic E-state index is 12.2. The summed E-state index contributed by atoms with van der Waals surface area (Å²) in [6.45, 7) is 3.12. The molecule has 0 unspecified atom stereocenters. The van der Waals surface area contributed by atoms with Crippen molar-refractivity contribution in [2.75, 3.05) is 24.2 Å². The molecule has 1 N–H and O–H groups in total. The molecule has 24 heavy (non-hydrogen) atoms. The summed E-state index contributed by atoms with van der Waals surface area (Å²) in [5.74, 6) is 0.00644. The molecule has 2 rings (SSSR count). The van der Waals surface area contributed by atoms with E-state index in [-0.39, 0.29) is 11.7 Å². The quantitative estimate of drug-likeness (QED) is 0.744. The van der Waals surface area contributed by atoms with Crippen LogP contribution in [0.1, 0.15) is 44.1 Å². The molecule has 1 fully saturated rings. The van der Waals surface area contributed by atoms with Crippen LogP contribution in [0, 0.1) is 6.92 Å². The number of amides is 1. The molecule has 0 spiro atoms. The molecule has 1 aromatic rings. The van der Waals surface area contributed by atoms with Crippen LogP contribution in [0.3, 0.4) is 0 Å². The highest BCUT2D eigenvalue weighted by Gasteiger charge is 2.23. The number of nitrogens with zero attached hydrogens (tertiary/aromatic N) is 1. The zero-order valence-electron chi connectivity index (χ0n) is 14.1. The highest BCUT2D eigenvalue weighted by molar-refractivity contribution is 7.89. The number of nitrogens with one attached hydrogen (secondary N) is 1. The van der Waals surface area contributed by atoms with Crippen molar-refractivity contribution in [2.24, 2.45) is 0 Å². The Morgan fingerprint density at radius 2 is 1.92 bits per heavy atom. The fraction of sp³-hybridized carbons (Fsp3) is 0.588. The minimum Gasteiger partial charge on any atom is -0.326 e. The number of hydrogen-bond acceptors (Lipinski definition) is 3. The fourth-order valence-corrected chi connectivity index (χ4v) is 4.61. The lowest BCUT2D eigenvalue weighted by atomic mass is 10.2. The minimum atomic E-state index is -3.17. The van der Waals surface area contributed by atoms with Gasteiger partial charge in [0.2, 0.25) is 15.9 Å². The van der Waals surface area contributed by atoms with Crippen molar-refractivity contribution >= 4 is 33.2 Å². The van der Waals surface area contributed by atoms with E-state index in [4.69, 9.17) is 11.6 Å². The van der Waals surface area contributed by atoms with E-state index in [1.54, 1.807) is 22.5 Å². The number of unbranched alkanes of at least 4 members (excludes halogenated alkanes) is 1. The normalized spacial score (nSPS) is 16.1. The van der Waals surface area contributed by atoms with Crippen molar-refractivity contribution in [3.63, 3.8) is 0 Å². The molecule has 0 radical (unpaired) electrons. The molecule has 1 aromatic carbocycles. The van der Waals surface area contributed by atoms with E-state index in [9.17, 15) is 13.2 Å². The van der Waals surface area contributed by atoms with Crippen molar-refractivity contribution < 1.29 is 13.2 Å². The first-order valence-electron chi connectivity index (χ1n) is 8.43. The number of carbonyl (C=O) groups excluding carboxylic acids is 1. The van der Waals surface area contributed by atoms with Crippen LogP contribution in [-0.4, -0.2) is 37.5 Å². The number of halogens is 1. The third kappa shape index (κ3) is 5.46. The summed E-state index contributed by atoms with van der Waals surface area (Å²) in [6.07, 6.45) is 4.36. The highest BCUT2D eigenvalue weighted by atomic mass is 35.5. The van der Waals surface area contributed by atoms with Gasteiger partial charge in [0.15, 0.2) is 0 Å². The fourth-order valence-electron chi connectivity index (χ4n) is 2.80. The lowest BCUT2D eigenvalue weighted by molar-refractivity contribution is -0.116.